The normalized spacial score (nSPS) is 17.2. The fourth-order valence-corrected chi connectivity index (χ4v) is 3.70. The molecule has 0 bridgehead atoms. The van der Waals surface area contributed by atoms with Crippen LogP contribution in [0.25, 0.3) is 11.5 Å². The lowest BCUT2D eigenvalue weighted by atomic mass is 10.0. The summed E-state index contributed by atoms with van der Waals surface area (Å²) in [6, 6.07) is 16.5. The molecule has 27 heavy (non-hydrogen) atoms. The van der Waals surface area contributed by atoms with E-state index in [9.17, 15) is 0 Å². The van der Waals surface area contributed by atoms with Crippen LogP contribution in [0.15, 0.2) is 59.2 Å². The highest BCUT2D eigenvalue weighted by atomic mass is 16.5. The molecule has 0 radical (unpaired) electrons. The Labute approximate surface area is 159 Å². The molecule has 0 unspecified atom stereocenters. The van der Waals surface area contributed by atoms with E-state index >= 15 is 0 Å². The number of ether oxygens (including phenoxy) is 2. The maximum absolute atomic E-state index is 5.71. The number of nitrogens with zero attached hydrogens (tertiary/aromatic N) is 2. The molecule has 1 fully saturated rings. The van der Waals surface area contributed by atoms with Crippen molar-refractivity contribution in [3.8, 4) is 23.0 Å². The molecule has 0 N–H and O–H groups in total. The third kappa shape index (κ3) is 3.83. The van der Waals surface area contributed by atoms with E-state index in [2.05, 4.69) is 28.1 Å². The summed E-state index contributed by atoms with van der Waals surface area (Å²) in [4.78, 5) is 7.15. The molecule has 3 aromatic rings. The molecule has 0 spiro atoms. The first kappa shape index (κ1) is 17.6. The first-order chi connectivity index (χ1) is 13.3. The molecule has 1 aliphatic heterocycles. The maximum Gasteiger partial charge on any atom is 0.226 e. The van der Waals surface area contributed by atoms with Crippen molar-refractivity contribution < 1.29 is 13.9 Å². The van der Waals surface area contributed by atoms with Crippen LogP contribution in [0.4, 0.5) is 0 Å². The van der Waals surface area contributed by atoms with E-state index < -0.39 is 0 Å². The highest BCUT2D eigenvalue weighted by Crippen LogP contribution is 2.34. The molecule has 0 aliphatic carbocycles. The Bertz CT molecular complexity index is 889. The Morgan fingerprint density at radius 3 is 2.67 bits per heavy atom. The average Bonchev–Trinajstić information content (AvgIpc) is 3.38. The minimum atomic E-state index is 0.390. The molecule has 1 atom stereocenters. The van der Waals surface area contributed by atoms with E-state index in [0.717, 1.165) is 42.3 Å². The summed E-state index contributed by atoms with van der Waals surface area (Å²) in [5, 5.41) is 0. The summed E-state index contributed by atoms with van der Waals surface area (Å²) in [7, 11) is 3.37. The smallest absolute Gasteiger partial charge is 0.226 e. The van der Waals surface area contributed by atoms with Gasteiger partial charge in [0, 0.05) is 18.2 Å². The van der Waals surface area contributed by atoms with Crippen LogP contribution >= 0.6 is 0 Å². The summed E-state index contributed by atoms with van der Waals surface area (Å²) in [5.74, 6) is 2.37. The van der Waals surface area contributed by atoms with Gasteiger partial charge in [-0.25, -0.2) is 4.98 Å². The molecule has 5 heteroatoms. The van der Waals surface area contributed by atoms with Gasteiger partial charge >= 0.3 is 0 Å². The lowest BCUT2D eigenvalue weighted by Crippen LogP contribution is -2.22. The van der Waals surface area contributed by atoms with Crippen molar-refractivity contribution in [3.05, 3.63) is 66.1 Å². The van der Waals surface area contributed by atoms with Crippen LogP contribution < -0.4 is 9.47 Å². The molecule has 1 saturated heterocycles. The molecule has 1 aliphatic rings. The Hall–Kier alpha value is -2.79. The maximum atomic E-state index is 5.71. The van der Waals surface area contributed by atoms with Gasteiger partial charge < -0.3 is 13.9 Å². The third-order valence-corrected chi connectivity index (χ3v) is 5.10. The molecule has 4 rings (SSSR count). The molecule has 0 amide bonds. The van der Waals surface area contributed by atoms with Crippen LogP contribution in [0.2, 0.25) is 0 Å². The van der Waals surface area contributed by atoms with Gasteiger partial charge in [0.25, 0.3) is 0 Å². The third-order valence-electron chi connectivity index (χ3n) is 5.10. The molecule has 140 valence electrons. The van der Waals surface area contributed by atoms with Crippen molar-refractivity contribution in [2.45, 2.75) is 25.4 Å². The number of oxazole rings is 1. The molecule has 2 aromatic carbocycles. The fourth-order valence-electron chi connectivity index (χ4n) is 3.70. The van der Waals surface area contributed by atoms with Crippen LogP contribution in [0, 0.1) is 0 Å². The van der Waals surface area contributed by atoms with Crippen molar-refractivity contribution in [2.75, 3.05) is 20.8 Å². The minimum absolute atomic E-state index is 0.390. The van der Waals surface area contributed by atoms with Gasteiger partial charge in [-0.1, -0.05) is 12.1 Å². The Morgan fingerprint density at radius 2 is 1.89 bits per heavy atom. The van der Waals surface area contributed by atoms with Crippen LogP contribution in [0.1, 0.15) is 30.1 Å². The number of aromatic nitrogens is 1. The zero-order valence-corrected chi connectivity index (χ0v) is 15.7. The summed E-state index contributed by atoms with van der Waals surface area (Å²) in [6.07, 6.45) is 4.10. The first-order valence-corrected chi connectivity index (χ1v) is 9.23. The fraction of sp³-hybridized carbons (Fsp3) is 0.318. The summed E-state index contributed by atoms with van der Waals surface area (Å²) < 4.78 is 16.3. The van der Waals surface area contributed by atoms with E-state index in [1.807, 2.05) is 30.3 Å². The Kier molecular flexibility index (Phi) is 5.12. The number of methoxy groups -OCH3 is 2. The predicted octanol–water partition coefficient (Wildman–Crippen LogP) is 4.70. The van der Waals surface area contributed by atoms with E-state index in [1.165, 1.54) is 12.0 Å². The van der Waals surface area contributed by atoms with Gasteiger partial charge in [0.15, 0.2) is 0 Å². The predicted molar refractivity (Wildman–Crippen MR) is 104 cm³/mol. The zero-order chi connectivity index (χ0) is 18.6. The van der Waals surface area contributed by atoms with E-state index in [0.29, 0.717) is 11.9 Å². The van der Waals surface area contributed by atoms with Crippen molar-refractivity contribution >= 4 is 0 Å². The molecular weight excluding hydrogens is 340 g/mol. The lowest BCUT2D eigenvalue weighted by molar-refractivity contribution is 0.245. The SMILES string of the molecule is COc1ccc(-c2nc(CN3CCC[C@H]3c3cccc(OC)c3)co2)cc1. The molecule has 2 heterocycles. The van der Waals surface area contributed by atoms with Crippen LogP contribution in [-0.4, -0.2) is 30.6 Å². The van der Waals surface area contributed by atoms with E-state index in [4.69, 9.17) is 13.9 Å². The first-order valence-electron chi connectivity index (χ1n) is 9.23. The quantitative estimate of drug-likeness (QED) is 0.635. The largest absolute Gasteiger partial charge is 0.497 e. The molecule has 5 nitrogen and oxygen atoms in total. The second kappa shape index (κ2) is 7.84. The standard InChI is InChI=1S/C22H24N2O3/c1-25-19-10-8-16(9-11-19)22-23-18(15-27-22)14-24-12-4-7-21(24)17-5-3-6-20(13-17)26-2/h3,5-6,8-11,13,15,21H,4,7,12,14H2,1-2H3/t21-/m0/s1. The van der Waals surface area contributed by atoms with Gasteiger partial charge in [0.2, 0.25) is 5.89 Å². The Morgan fingerprint density at radius 1 is 1.07 bits per heavy atom. The van der Waals surface area contributed by atoms with E-state index in [-0.39, 0.29) is 0 Å². The van der Waals surface area contributed by atoms with Crippen molar-refractivity contribution in [1.82, 2.24) is 9.88 Å². The molecule has 0 saturated carbocycles. The molecule has 1 aromatic heterocycles. The summed E-state index contributed by atoms with van der Waals surface area (Å²) >= 11 is 0. The van der Waals surface area contributed by atoms with E-state index in [1.54, 1.807) is 20.5 Å². The topological polar surface area (TPSA) is 47.7 Å². The summed E-state index contributed by atoms with van der Waals surface area (Å²) in [5.41, 5.74) is 3.20. The highest BCUT2D eigenvalue weighted by Gasteiger charge is 2.27. The minimum Gasteiger partial charge on any atom is -0.497 e. The number of likely N-dealkylation sites (tertiary alicyclic amines) is 1. The van der Waals surface area contributed by atoms with Crippen molar-refractivity contribution in [1.29, 1.82) is 0 Å². The monoisotopic (exact) mass is 364 g/mol. The van der Waals surface area contributed by atoms with Gasteiger partial charge in [-0.2, -0.15) is 0 Å². The number of hydrogen-bond donors (Lipinski definition) is 0. The number of rotatable bonds is 6. The van der Waals surface area contributed by atoms with Gasteiger partial charge in [0.05, 0.1) is 19.9 Å². The Balaban J connectivity index is 1.49. The molecular formula is C22H24N2O3. The highest BCUT2D eigenvalue weighted by molar-refractivity contribution is 5.54. The second-order valence-corrected chi connectivity index (χ2v) is 6.78. The van der Waals surface area contributed by atoms with Gasteiger partial charge in [-0.15, -0.1) is 0 Å². The number of benzene rings is 2. The van der Waals surface area contributed by atoms with Crippen LogP contribution in [-0.2, 0) is 6.54 Å². The summed E-state index contributed by atoms with van der Waals surface area (Å²) in [6.45, 7) is 1.84. The lowest BCUT2D eigenvalue weighted by Gasteiger charge is -2.24. The van der Waals surface area contributed by atoms with Crippen molar-refractivity contribution in [2.24, 2.45) is 0 Å². The van der Waals surface area contributed by atoms with Gasteiger partial charge in [0.1, 0.15) is 17.8 Å². The second-order valence-electron chi connectivity index (χ2n) is 6.78. The van der Waals surface area contributed by atoms with Crippen LogP contribution in [0.3, 0.4) is 0 Å². The average molecular weight is 364 g/mol. The number of hydrogen-bond acceptors (Lipinski definition) is 5. The van der Waals surface area contributed by atoms with Gasteiger partial charge in [-0.3, -0.25) is 4.90 Å². The van der Waals surface area contributed by atoms with Crippen LogP contribution in [0.5, 0.6) is 11.5 Å². The zero-order valence-electron chi connectivity index (χ0n) is 15.7. The van der Waals surface area contributed by atoms with Crippen molar-refractivity contribution in [3.63, 3.8) is 0 Å². The van der Waals surface area contributed by atoms with Gasteiger partial charge in [-0.05, 0) is 61.3 Å².